The van der Waals surface area contributed by atoms with E-state index in [2.05, 4.69) is 103 Å². The number of aryl methyl sites for hydroxylation is 5. The predicted molar refractivity (Wildman–Crippen MR) is 298 cm³/mol. The molecule has 0 unspecified atom stereocenters. The van der Waals surface area contributed by atoms with Crippen molar-refractivity contribution in [2.45, 2.75) is 235 Å². The van der Waals surface area contributed by atoms with Crippen LogP contribution in [0.1, 0.15) is 231 Å². The summed E-state index contributed by atoms with van der Waals surface area (Å²) in [4.78, 5) is 12.6. The zero-order valence-electron chi connectivity index (χ0n) is 44.6. The normalized spacial score (nSPS) is 11.6. The average molecular weight is 975 g/mol. The number of rotatable bonds is 34. The number of hydrogen-bond acceptors (Lipinski definition) is 5. The van der Waals surface area contributed by atoms with Crippen LogP contribution in [-0.4, -0.2) is 35.2 Å². The Morgan fingerprint density at radius 2 is 0.897 bits per heavy atom. The summed E-state index contributed by atoms with van der Waals surface area (Å²) in [5.74, 6) is 0.311. The molecule has 0 aliphatic rings. The summed E-state index contributed by atoms with van der Waals surface area (Å²) in [5.41, 5.74) is 11.6. The van der Waals surface area contributed by atoms with Gasteiger partial charge in [0.25, 0.3) is 0 Å². The van der Waals surface area contributed by atoms with Gasteiger partial charge in [-0.1, -0.05) is 169 Å². The van der Waals surface area contributed by atoms with Crippen molar-refractivity contribution in [1.29, 1.82) is 0 Å². The van der Waals surface area contributed by atoms with E-state index in [1.807, 2.05) is 18.2 Å². The van der Waals surface area contributed by atoms with Crippen molar-refractivity contribution in [2.24, 2.45) is 9.98 Å². The van der Waals surface area contributed by atoms with Gasteiger partial charge in [0, 0.05) is 46.9 Å². The van der Waals surface area contributed by atoms with Crippen LogP contribution in [0.5, 0.6) is 11.5 Å². The molecule has 5 nitrogen and oxygen atoms in total. The smallest absolute Gasteiger partial charge is 0.127 e. The Kier molecular flexibility index (Phi) is 33.1. The first-order valence-corrected chi connectivity index (χ1v) is 27.8. The van der Waals surface area contributed by atoms with Crippen LogP contribution in [-0.2, 0) is 48.6 Å². The third-order valence-electron chi connectivity index (χ3n) is 13.5. The summed E-state index contributed by atoms with van der Waals surface area (Å²) in [7, 11) is 0. The molecular weight excluding hydrogens is 877 g/mol. The first kappa shape index (κ1) is 60.5. The Balaban J connectivity index is 0.000000599. The minimum atomic E-state index is 0. The van der Waals surface area contributed by atoms with Crippen molar-refractivity contribution in [2.75, 3.05) is 18.0 Å². The Morgan fingerprint density at radius 1 is 0.456 bits per heavy atom. The van der Waals surface area contributed by atoms with Gasteiger partial charge >= 0.3 is 0 Å². The maximum atomic E-state index is 10.3. The molecule has 0 spiro atoms. The number of anilines is 1. The summed E-state index contributed by atoms with van der Waals surface area (Å²) in [5, 5.41) is 21.9. The number of hydrogen-bond donors (Lipinski definition) is 2. The maximum Gasteiger partial charge on any atom is 0.127 e. The Labute approximate surface area is 427 Å². The van der Waals surface area contributed by atoms with Gasteiger partial charge in [0.1, 0.15) is 11.5 Å². The molecule has 0 heterocycles. The minimum Gasteiger partial charge on any atom is -0.507 e. The number of benzene rings is 4. The Morgan fingerprint density at radius 3 is 1.40 bits per heavy atom. The molecule has 0 saturated carbocycles. The van der Waals surface area contributed by atoms with Gasteiger partial charge in [-0.3, -0.25) is 9.98 Å². The van der Waals surface area contributed by atoms with Gasteiger partial charge < -0.3 is 15.1 Å². The summed E-state index contributed by atoms with van der Waals surface area (Å²) >= 11 is 0. The van der Waals surface area contributed by atoms with Gasteiger partial charge in [0.15, 0.2) is 0 Å². The summed E-state index contributed by atoms with van der Waals surface area (Å²) < 4.78 is 0. The molecule has 0 fully saturated rings. The van der Waals surface area contributed by atoms with Crippen molar-refractivity contribution in [3.63, 3.8) is 0 Å². The molecule has 6 heteroatoms. The van der Waals surface area contributed by atoms with Crippen LogP contribution in [0.3, 0.4) is 0 Å². The molecule has 0 atom stereocenters. The van der Waals surface area contributed by atoms with Crippen LogP contribution in [0.2, 0.25) is 0 Å². The van der Waals surface area contributed by atoms with E-state index >= 15 is 0 Å². The first-order chi connectivity index (χ1) is 32.8. The van der Waals surface area contributed by atoms with E-state index in [0.717, 1.165) is 85.3 Å². The van der Waals surface area contributed by atoms with Crippen LogP contribution < -0.4 is 4.90 Å². The van der Waals surface area contributed by atoms with E-state index in [1.165, 1.54) is 164 Å². The molecule has 0 saturated heterocycles. The van der Waals surface area contributed by atoms with Crippen molar-refractivity contribution in [3.8, 4) is 11.5 Å². The van der Waals surface area contributed by atoms with Crippen LogP contribution >= 0.6 is 0 Å². The minimum absolute atomic E-state index is 0. The molecule has 0 aliphatic heterocycles. The van der Waals surface area contributed by atoms with Gasteiger partial charge in [0.2, 0.25) is 0 Å². The molecule has 2 N–H and O–H groups in total. The van der Waals surface area contributed by atoms with E-state index in [9.17, 15) is 10.2 Å². The van der Waals surface area contributed by atoms with Gasteiger partial charge in [-0.2, -0.15) is 0 Å². The Hall–Kier alpha value is -3.63. The number of phenolic OH excluding ortho intramolecular Hbond substituents is 2. The first-order valence-electron chi connectivity index (χ1n) is 27.8. The SMILES string of the molecule is CCCCCCCCCCCCCCC(C=Nc1ccc(CCCC)c(CCCC)c1)=Nc1ccc(CCCC)c(CCCC)c1.CCCCc1cc(O)c2c(O)cccc2c1N(CC)CC.[Ni]. The second-order valence-electron chi connectivity index (χ2n) is 19.2. The van der Waals surface area contributed by atoms with Crippen LogP contribution in [0.25, 0.3) is 10.8 Å². The molecule has 4 rings (SSSR count). The zero-order valence-corrected chi connectivity index (χ0v) is 45.6. The fourth-order valence-electron chi connectivity index (χ4n) is 9.36. The molecule has 0 radical (unpaired) electrons. The number of aromatic hydroxyl groups is 2. The number of unbranched alkanes of at least 4 members (excludes halogenated alkanes) is 16. The zero-order chi connectivity index (χ0) is 48.5. The molecule has 0 amide bonds. The largest absolute Gasteiger partial charge is 0.507 e. The van der Waals surface area contributed by atoms with E-state index in [4.69, 9.17) is 9.98 Å². The van der Waals surface area contributed by atoms with Crippen molar-refractivity contribution < 1.29 is 26.7 Å². The maximum absolute atomic E-state index is 10.3. The molecule has 68 heavy (non-hydrogen) atoms. The number of fused-ring (bicyclic) bond motifs is 1. The van der Waals surface area contributed by atoms with E-state index in [-0.39, 0.29) is 28.0 Å². The third-order valence-corrected chi connectivity index (χ3v) is 13.5. The second kappa shape index (κ2) is 37.2. The third kappa shape index (κ3) is 22.0. The molecule has 4 aromatic carbocycles. The van der Waals surface area contributed by atoms with Gasteiger partial charge in [-0.05, 0) is 155 Å². The summed E-state index contributed by atoms with van der Waals surface area (Å²) in [6.07, 6.45) is 37.3. The molecule has 0 aliphatic carbocycles. The summed E-state index contributed by atoms with van der Waals surface area (Å²) in [6.45, 7) is 19.7. The van der Waals surface area contributed by atoms with E-state index in [1.54, 1.807) is 6.07 Å². The van der Waals surface area contributed by atoms with Crippen LogP contribution in [0.4, 0.5) is 17.1 Å². The molecular formula is C62H97N3NiO2. The fraction of sp³-hybridized carbons (Fsp3) is 0.613. The van der Waals surface area contributed by atoms with E-state index in [0.29, 0.717) is 5.39 Å². The van der Waals surface area contributed by atoms with E-state index < -0.39 is 0 Å². The molecule has 4 aromatic rings. The topological polar surface area (TPSA) is 68.4 Å². The van der Waals surface area contributed by atoms with Crippen molar-refractivity contribution in [1.82, 2.24) is 0 Å². The van der Waals surface area contributed by atoms with Gasteiger partial charge in [-0.15, -0.1) is 0 Å². The quantitative estimate of drug-likeness (QED) is 0.0278. The van der Waals surface area contributed by atoms with Gasteiger partial charge in [0.05, 0.1) is 22.5 Å². The Bertz CT molecular complexity index is 2000. The molecule has 0 aromatic heterocycles. The number of phenols is 2. The summed E-state index contributed by atoms with van der Waals surface area (Å²) in [6, 6.07) is 21.2. The molecule has 382 valence electrons. The van der Waals surface area contributed by atoms with Crippen molar-refractivity contribution >= 4 is 39.8 Å². The van der Waals surface area contributed by atoms with Crippen LogP contribution in [0, 0.1) is 0 Å². The monoisotopic (exact) mass is 974 g/mol. The number of nitrogens with zero attached hydrogens (tertiary/aromatic N) is 3. The standard InChI is InChI=1S/C44H72N2.C18H25NO2.Ni/c1-6-11-16-17-18-19-20-21-22-23-24-25-30-44(46-43-34-32-39(27-13-8-3)41(36-43)29-15-10-5)37-45-42-33-31-38(26-12-7-2)40(35-42)28-14-9-4;1-4-7-9-13-12-16(21)17-14(10-8-11-15(17)20)18(13)19(5-2)6-3;/h31-37H,6-30H2,1-5H3;8,10-12,20-21H,4-7,9H2,1-3H3;. The predicted octanol–water partition coefficient (Wildman–Crippen LogP) is 19.1. The molecule has 0 bridgehead atoms. The second-order valence-corrected chi connectivity index (χ2v) is 19.2. The fourth-order valence-corrected chi connectivity index (χ4v) is 9.36. The van der Waals surface area contributed by atoms with Crippen molar-refractivity contribution in [3.05, 3.63) is 88.5 Å². The average Bonchev–Trinajstić information content (AvgIpc) is 3.34. The van der Waals surface area contributed by atoms with Crippen LogP contribution in [0.15, 0.2) is 70.6 Å². The van der Waals surface area contributed by atoms with Gasteiger partial charge in [-0.25, -0.2) is 0 Å². The number of aliphatic imine (C=N–C) groups is 2.